The van der Waals surface area contributed by atoms with E-state index < -0.39 is 5.60 Å². The summed E-state index contributed by atoms with van der Waals surface area (Å²) >= 11 is 0. The fourth-order valence-corrected chi connectivity index (χ4v) is 3.33. The Hall–Kier alpha value is -0.860. The van der Waals surface area contributed by atoms with Crippen molar-refractivity contribution in [1.82, 2.24) is 0 Å². The van der Waals surface area contributed by atoms with Crippen molar-refractivity contribution in [2.24, 2.45) is 11.7 Å². The molecule has 0 aliphatic heterocycles. The minimum absolute atomic E-state index is 0.182. The highest BCUT2D eigenvalue weighted by Crippen LogP contribution is 2.41. The van der Waals surface area contributed by atoms with E-state index in [1.165, 1.54) is 12.0 Å². The normalized spacial score (nSPS) is 25.3. The van der Waals surface area contributed by atoms with E-state index in [4.69, 9.17) is 5.73 Å². The van der Waals surface area contributed by atoms with Crippen molar-refractivity contribution in [3.8, 4) is 0 Å². The number of benzene rings is 1. The van der Waals surface area contributed by atoms with E-state index in [-0.39, 0.29) is 5.92 Å². The van der Waals surface area contributed by atoms with Crippen LogP contribution in [0.2, 0.25) is 0 Å². The van der Waals surface area contributed by atoms with Crippen LogP contribution < -0.4 is 5.73 Å². The fraction of sp³-hybridized carbons (Fsp3) is 0.625. The number of rotatable bonds is 4. The van der Waals surface area contributed by atoms with Crippen LogP contribution in [0.25, 0.3) is 0 Å². The summed E-state index contributed by atoms with van der Waals surface area (Å²) in [5.74, 6) is 0.182. The van der Waals surface area contributed by atoms with E-state index in [2.05, 4.69) is 25.1 Å². The number of hydrogen-bond acceptors (Lipinski definition) is 2. The molecule has 0 heterocycles. The maximum Gasteiger partial charge on any atom is 0.0939 e. The number of aliphatic hydroxyl groups is 1. The van der Waals surface area contributed by atoms with E-state index >= 15 is 0 Å². The predicted molar refractivity (Wildman–Crippen MR) is 75.3 cm³/mol. The molecule has 2 unspecified atom stereocenters. The minimum atomic E-state index is -0.710. The Morgan fingerprint density at radius 1 is 1.33 bits per heavy atom. The molecule has 1 aliphatic rings. The van der Waals surface area contributed by atoms with Crippen molar-refractivity contribution < 1.29 is 5.11 Å². The molecule has 0 saturated carbocycles. The summed E-state index contributed by atoms with van der Waals surface area (Å²) in [7, 11) is 0. The Morgan fingerprint density at radius 3 is 2.83 bits per heavy atom. The molecule has 0 bridgehead atoms. The van der Waals surface area contributed by atoms with Gasteiger partial charge in [0.15, 0.2) is 0 Å². The van der Waals surface area contributed by atoms with Gasteiger partial charge in [0.05, 0.1) is 5.60 Å². The Labute approximate surface area is 110 Å². The van der Waals surface area contributed by atoms with Gasteiger partial charge >= 0.3 is 0 Å². The molecule has 0 amide bonds. The molecule has 2 nitrogen and oxygen atoms in total. The number of nitrogens with two attached hydrogens (primary N) is 1. The molecule has 18 heavy (non-hydrogen) atoms. The van der Waals surface area contributed by atoms with Crippen LogP contribution in [0.15, 0.2) is 24.3 Å². The summed E-state index contributed by atoms with van der Waals surface area (Å²) in [6.07, 6.45) is 6.27. The molecule has 3 N–H and O–H groups in total. The topological polar surface area (TPSA) is 46.2 Å². The average molecular weight is 247 g/mol. The minimum Gasteiger partial charge on any atom is -0.385 e. The molecule has 1 aliphatic carbocycles. The second-order valence-electron chi connectivity index (χ2n) is 5.51. The van der Waals surface area contributed by atoms with Crippen molar-refractivity contribution in [3.63, 3.8) is 0 Å². The first kappa shape index (κ1) is 13.6. The van der Waals surface area contributed by atoms with E-state index in [1.807, 2.05) is 6.07 Å². The molecule has 0 aromatic heterocycles. The highest BCUT2D eigenvalue weighted by atomic mass is 16.3. The Morgan fingerprint density at radius 2 is 2.11 bits per heavy atom. The molecule has 2 rings (SSSR count). The molecule has 0 spiro atoms. The fourth-order valence-electron chi connectivity index (χ4n) is 3.33. The third-order valence-corrected chi connectivity index (χ3v) is 4.33. The van der Waals surface area contributed by atoms with Crippen LogP contribution in [0, 0.1) is 5.92 Å². The van der Waals surface area contributed by atoms with Gasteiger partial charge in [0.1, 0.15) is 0 Å². The molecule has 0 fully saturated rings. The molecular formula is C16H25NO. The highest BCUT2D eigenvalue weighted by Gasteiger charge is 2.39. The van der Waals surface area contributed by atoms with Crippen LogP contribution in [0.1, 0.15) is 50.2 Å². The van der Waals surface area contributed by atoms with Crippen LogP contribution in [-0.4, -0.2) is 11.7 Å². The third kappa shape index (κ3) is 2.45. The number of hydrogen-bond donors (Lipinski definition) is 2. The van der Waals surface area contributed by atoms with E-state index in [1.54, 1.807) is 0 Å². The first-order valence-corrected chi connectivity index (χ1v) is 7.23. The van der Waals surface area contributed by atoms with E-state index in [0.717, 1.165) is 37.7 Å². The average Bonchev–Trinajstić information content (AvgIpc) is 2.57. The van der Waals surface area contributed by atoms with Crippen molar-refractivity contribution in [3.05, 3.63) is 35.4 Å². The van der Waals surface area contributed by atoms with Crippen LogP contribution in [0.3, 0.4) is 0 Å². The van der Waals surface area contributed by atoms with Crippen LogP contribution in [0.5, 0.6) is 0 Å². The Kier molecular flexibility index (Phi) is 4.41. The Bertz CT molecular complexity index is 390. The summed E-state index contributed by atoms with van der Waals surface area (Å²) in [4.78, 5) is 0. The van der Waals surface area contributed by atoms with Crippen molar-refractivity contribution in [2.75, 3.05) is 6.54 Å². The lowest BCUT2D eigenvalue weighted by Gasteiger charge is -2.36. The van der Waals surface area contributed by atoms with Gasteiger partial charge in [-0.2, -0.15) is 0 Å². The molecule has 100 valence electrons. The van der Waals surface area contributed by atoms with E-state index in [9.17, 15) is 5.11 Å². The summed E-state index contributed by atoms with van der Waals surface area (Å²) in [5, 5.41) is 11.2. The molecule has 2 heteroatoms. The monoisotopic (exact) mass is 247 g/mol. The van der Waals surface area contributed by atoms with Gasteiger partial charge in [-0.15, -0.1) is 0 Å². The summed E-state index contributed by atoms with van der Waals surface area (Å²) in [6, 6.07) is 8.36. The summed E-state index contributed by atoms with van der Waals surface area (Å²) in [6.45, 7) is 2.73. The maximum atomic E-state index is 11.2. The Balaban J connectivity index is 2.41. The maximum absolute atomic E-state index is 11.2. The standard InChI is InChI=1S/C16H25NO/c1-2-7-14(12-17)16(18)11-6-5-9-13-8-3-4-10-15(13)16/h3-4,8,10,14,18H,2,5-7,9,11-12,17H2,1H3. The molecular weight excluding hydrogens is 222 g/mol. The second-order valence-corrected chi connectivity index (χ2v) is 5.51. The zero-order valence-electron chi connectivity index (χ0n) is 11.4. The quantitative estimate of drug-likeness (QED) is 0.803. The number of fused-ring (bicyclic) bond motifs is 1. The molecule has 0 saturated heterocycles. The highest BCUT2D eigenvalue weighted by molar-refractivity contribution is 5.34. The smallest absolute Gasteiger partial charge is 0.0939 e. The summed E-state index contributed by atoms with van der Waals surface area (Å²) < 4.78 is 0. The van der Waals surface area contributed by atoms with Crippen LogP contribution in [0.4, 0.5) is 0 Å². The van der Waals surface area contributed by atoms with Gasteiger partial charge in [0.2, 0.25) is 0 Å². The molecule has 1 aromatic rings. The first-order chi connectivity index (χ1) is 8.72. The van der Waals surface area contributed by atoms with Crippen LogP contribution in [-0.2, 0) is 12.0 Å². The van der Waals surface area contributed by atoms with Gasteiger partial charge in [-0.25, -0.2) is 0 Å². The van der Waals surface area contributed by atoms with Gasteiger partial charge in [-0.05, 0) is 49.8 Å². The molecule has 0 radical (unpaired) electrons. The number of aryl methyl sites for hydroxylation is 1. The lowest BCUT2D eigenvalue weighted by Crippen LogP contribution is -2.39. The van der Waals surface area contributed by atoms with Gasteiger partial charge in [-0.1, -0.05) is 37.6 Å². The first-order valence-electron chi connectivity index (χ1n) is 7.23. The van der Waals surface area contributed by atoms with Crippen molar-refractivity contribution in [1.29, 1.82) is 0 Å². The predicted octanol–water partition coefficient (Wildman–Crippen LogP) is 2.98. The van der Waals surface area contributed by atoms with Gasteiger partial charge in [-0.3, -0.25) is 0 Å². The lowest BCUT2D eigenvalue weighted by atomic mass is 9.75. The molecule has 1 aromatic carbocycles. The van der Waals surface area contributed by atoms with Gasteiger partial charge in [0.25, 0.3) is 0 Å². The van der Waals surface area contributed by atoms with Gasteiger partial charge in [0, 0.05) is 5.92 Å². The van der Waals surface area contributed by atoms with Gasteiger partial charge < -0.3 is 10.8 Å². The van der Waals surface area contributed by atoms with Crippen LogP contribution >= 0.6 is 0 Å². The third-order valence-electron chi connectivity index (χ3n) is 4.33. The largest absolute Gasteiger partial charge is 0.385 e. The zero-order valence-corrected chi connectivity index (χ0v) is 11.4. The van der Waals surface area contributed by atoms with Crippen molar-refractivity contribution >= 4 is 0 Å². The zero-order chi connectivity index (χ0) is 13.0. The van der Waals surface area contributed by atoms with Crippen molar-refractivity contribution in [2.45, 2.75) is 51.0 Å². The van der Waals surface area contributed by atoms with E-state index in [0.29, 0.717) is 6.54 Å². The lowest BCUT2D eigenvalue weighted by molar-refractivity contribution is -0.0327. The SMILES string of the molecule is CCCC(CN)C1(O)CCCCc2ccccc21. The molecule has 2 atom stereocenters. The second kappa shape index (κ2) is 5.85. The summed E-state index contributed by atoms with van der Waals surface area (Å²) in [5.41, 5.74) is 7.66.